The molecule has 0 radical (unpaired) electrons. The molecule has 1 fully saturated rings. The highest BCUT2D eigenvalue weighted by atomic mass is 79.9. The van der Waals surface area contributed by atoms with Gasteiger partial charge in [-0.15, -0.1) is 0 Å². The van der Waals surface area contributed by atoms with Gasteiger partial charge in [0, 0.05) is 10.0 Å². The summed E-state index contributed by atoms with van der Waals surface area (Å²) in [5.74, 6) is -0.132. The number of hydrogen-bond acceptors (Lipinski definition) is 4. The lowest BCUT2D eigenvalue weighted by molar-refractivity contribution is -0.115. The number of carbonyl (C=O) groups excluding carboxylic acids is 1. The zero-order chi connectivity index (χ0) is 21.8. The second kappa shape index (κ2) is 9.80. The number of nitrogens with one attached hydrogen (secondary N) is 1. The Bertz CT molecular complexity index is 1200. The molecule has 3 aromatic carbocycles. The van der Waals surface area contributed by atoms with Crippen LogP contribution in [-0.4, -0.2) is 11.1 Å². The number of rotatable bonds is 5. The molecule has 31 heavy (non-hydrogen) atoms. The van der Waals surface area contributed by atoms with Crippen molar-refractivity contribution < 1.29 is 13.9 Å². The number of hydrogen-bond donors (Lipinski definition) is 1. The van der Waals surface area contributed by atoms with Crippen LogP contribution in [0.2, 0.25) is 0 Å². The highest BCUT2D eigenvalue weighted by Crippen LogP contribution is 2.37. The van der Waals surface area contributed by atoms with Gasteiger partial charge in [0.05, 0.1) is 9.38 Å². The normalized spacial score (nSPS) is 16.0. The van der Waals surface area contributed by atoms with Crippen LogP contribution in [0.4, 0.5) is 10.1 Å². The largest absolute Gasteiger partial charge is 0.487 e. The average Bonchev–Trinajstić information content (AvgIpc) is 3.08. The van der Waals surface area contributed by atoms with Gasteiger partial charge in [0.25, 0.3) is 5.91 Å². The van der Waals surface area contributed by atoms with Gasteiger partial charge in [-0.3, -0.25) is 4.79 Å². The highest BCUT2D eigenvalue weighted by Gasteiger charge is 2.25. The van der Waals surface area contributed by atoms with Crippen molar-refractivity contribution in [2.24, 2.45) is 4.99 Å². The Balaban J connectivity index is 1.62. The SMILES string of the molecule is O=C1NC(=Nc2ccccc2F)S/C1=C\c1cc(Br)cc(Br)c1OCc1ccccc1. The molecule has 0 unspecified atom stereocenters. The van der Waals surface area contributed by atoms with E-state index in [4.69, 9.17) is 4.74 Å². The summed E-state index contributed by atoms with van der Waals surface area (Å²) in [4.78, 5) is 17.1. The van der Waals surface area contributed by atoms with Gasteiger partial charge in [-0.1, -0.05) is 58.4 Å². The monoisotopic (exact) mass is 560 g/mol. The van der Waals surface area contributed by atoms with Crippen molar-refractivity contribution in [2.75, 3.05) is 0 Å². The van der Waals surface area contributed by atoms with E-state index < -0.39 is 5.82 Å². The number of aliphatic imine (C=N–C) groups is 1. The maximum atomic E-state index is 13.9. The number of benzene rings is 3. The van der Waals surface area contributed by atoms with E-state index in [9.17, 15) is 9.18 Å². The van der Waals surface area contributed by atoms with E-state index in [1.165, 1.54) is 6.07 Å². The predicted molar refractivity (Wildman–Crippen MR) is 130 cm³/mol. The molecule has 1 N–H and O–H groups in total. The number of thioether (sulfide) groups is 1. The minimum Gasteiger partial charge on any atom is -0.487 e. The highest BCUT2D eigenvalue weighted by molar-refractivity contribution is 9.11. The van der Waals surface area contributed by atoms with Crippen LogP contribution in [0.3, 0.4) is 0 Å². The first-order valence-corrected chi connectivity index (χ1v) is 11.6. The summed E-state index contributed by atoms with van der Waals surface area (Å²) in [5.41, 5.74) is 1.92. The molecule has 8 heteroatoms. The molecule has 156 valence electrons. The third-order valence-corrected chi connectivity index (χ3v) is 6.23. The standard InChI is InChI=1S/C23H15Br2FN2O2S/c24-16-10-15(21(17(25)12-16)30-13-14-6-2-1-3-7-14)11-20-22(29)28-23(31-20)27-19-9-5-4-8-18(19)26/h1-12H,13H2,(H,27,28,29)/b20-11-. The number of amidine groups is 1. The van der Waals surface area contributed by atoms with Crippen LogP contribution in [0.25, 0.3) is 6.08 Å². The molecule has 1 aliphatic rings. The molecule has 1 saturated heterocycles. The topological polar surface area (TPSA) is 50.7 Å². The minimum atomic E-state index is -0.449. The Labute approximate surface area is 199 Å². The molecular formula is C23H15Br2FN2O2S. The van der Waals surface area contributed by atoms with Gasteiger partial charge in [0.2, 0.25) is 0 Å². The van der Waals surface area contributed by atoms with Gasteiger partial charge in [0.15, 0.2) is 5.17 Å². The fourth-order valence-electron chi connectivity index (χ4n) is 2.84. The van der Waals surface area contributed by atoms with Gasteiger partial charge in [-0.25, -0.2) is 9.38 Å². The summed E-state index contributed by atoms with van der Waals surface area (Å²) in [5, 5.41) is 3.00. The van der Waals surface area contributed by atoms with Crippen LogP contribution >= 0.6 is 43.6 Å². The molecular weight excluding hydrogens is 547 g/mol. The number of amides is 1. The van der Waals surface area contributed by atoms with Crippen molar-refractivity contribution in [2.45, 2.75) is 6.61 Å². The van der Waals surface area contributed by atoms with Crippen LogP contribution in [0.5, 0.6) is 5.75 Å². The van der Waals surface area contributed by atoms with Crippen LogP contribution in [0.1, 0.15) is 11.1 Å². The lowest BCUT2D eigenvalue weighted by Crippen LogP contribution is -2.19. The summed E-state index contributed by atoms with van der Waals surface area (Å²) in [6.45, 7) is 0.385. The summed E-state index contributed by atoms with van der Waals surface area (Å²) >= 11 is 8.18. The molecule has 4 rings (SSSR count). The third-order valence-electron chi connectivity index (χ3n) is 4.28. The van der Waals surface area contributed by atoms with E-state index in [-0.39, 0.29) is 11.6 Å². The average molecular weight is 562 g/mol. The summed E-state index contributed by atoms with van der Waals surface area (Å²) < 4.78 is 21.5. The van der Waals surface area contributed by atoms with Crippen molar-refractivity contribution in [3.05, 3.63) is 97.5 Å². The van der Waals surface area contributed by atoms with Gasteiger partial charge >= 0.3 is 0 Å². The lowest BCUT2D eigenvalue weighted by atomic mass is 10.1. The Hall–Kier alpha value is -2.42. The molecule has 1 aliphatic heterocycles. The maximum absolute atomic E-state index is 13.9. The fourth-order valence-corrected chi connectivity index (χ4v) is 5.04. The summed E-state index contributed by atoms with van der Waals surface area (Å²) in [7, 11) is 0. The van der Waals surface area contributed by atoms with Gasteiger partial charge in [-0.05, 0) is 63.6 Å². The van der Waals surface area contributed by atoms with Crippen molar-refractivity contribution in [1.29, 1.82) is 0 Å². The minimum absolute atomic E-state index is 0.170. The number of halogens is 3. The second-order valence-electron chi connectivity index (χ2n) is 6.51. The van der Waals surface area contributed by atoms with E-state index in [1.54, 1.807) is 24.3 Å². The first-order valence-electron chi connectivity index (χ1n) is 9.19. The smallest absolute Gasteiger partial charge is 0.264 e. The zero-order valence-electron chi connectivity index (χ0n) is 15.9. The van der Waals surface area contributed by atoms with Crippen LogP contribution in [0, 0.1) is 5.82 Å². The van der Waals surface area contributed by atoms with Gasteiger partial charge < -0.3 is 10.1 Å². The molecule has 3 aromatic rings. The Morgan fingerprint density at radius 2 is 1.81 bits per heavy atom. The molecule has 0 saturated carbocycles. The molecule has 0 aliphatic carbocycles. The number of ether oxygens (including phenoxy) is 1. The van der Waals surface area contributed by atoms with Crippen LogP contribution < -0.4 is 10.1 Å². The van der Waals surface area contributed by atoms with Gasteiger partial charge in [-0.2, -0.15) is 0 Å². The van der Waals surface area contributed by atoms with Crippen molar-refractivity contribution >= 4 is 66.5 Å². The lowest BCUT2D eigenvalue weighted by Gasteiger charge is -2.12. The van der Waals surface area contributed by atoms with E-state index in [1.807, 2.05) is 42.5 Å². The molecule has 1 heterocycles. The summed E-state index contributed by atoms with van der Waals surface area (Å²) in [6.07, 6.45) is 1.74. The molecule has 0 bridgehead atoms. The van der Waals surface area contributed by atoms with Crippen molar-refractivity contribution in [1.82, 2.24) is 5.32 Å². The Morgan fingerprint density at radius 3 is 2.58 bits per heavy atom. The first-order chi connectivity index (χ1) is 15.0. The quantitative estimate of drug-likeness (QED) is 0.348. The number of para-hydroxylation sites is 1. The van der Waals surface area contributed by atoms with Crippen molar-refractivity contribution in [3.63, 3.8) is 0 Å². The molecule has 1 amide bonds. The van der Waals surface area contributed by atoms with E-state index in [0.717, 1.165) is 31.8 Å². The molecule has 0 aromatic heterocycles. The van der Waals surface area contributed by atoms with Crippen LogP contribution in [-0.2, 0) is 11.4 Å². The maximum Gasteiger partial charge on any atom is 0.264 e. The third kappa shape index (κ3) is 5.44. The molecule has 0 spiro atoms. The predicted octanol–water partition coefficient (Wildman–Crippen LogP) is 6.82. The van der Waals surface area contributed by atoms with Crippen molar-refractivity contribution in [3.8, 4) is 5.75 Å². The van der Waals surface area contributed by atoms with Crippen LogP contribution in [0.15, 0.2) is 85.6 Å². The molecule has 0 atom stereocenters. The second-order valence-corrected chi connectivity index (χ2v) is 9.31. The van der Waals surface area contributed by atoms with E-state index >= 15 is 0 Å². The summed E-state index contributed by atoms with van der Waals surface area (Å²) in [6, 6.07) is 19.7. The number of carbonyl (C=O) groups is 1. The van der Waals surface area contributed by atoms with E-state index in [0.29, 0.717) is 22.4 Å². The Morgan fingerprint density at radius 1 is 1.06 bits per heavy atom. The zero-order valence-corrected chi connectivity index (χ0v) is 19.9. The van der Waals surface area contributed by atoms with Gasteiger partial charge in [0.1, 0.15) is 23.9 Å². The Kier molecular flexibility index (Phi) is 6.89. The number of nitrogens with zero attached hydrogens (tertiary/aromatic N) is 1. The first kappa shape index (κ1) is 21.8. The molecule has 4 nitrogen and oxygen atoms in total. The van der Waals surface area contributed by atoms with E-state index in [2.05, 4.69) is 42.2 Å². The fraction of sp³-hybridized carbons (Fsp3) is 0.0435.